The number of nitriles is 1. The van der Waals surface area contributed by atoms with Crippen LogP contribution in [0.1, 0.15) is 12.8 Å². The second-order valence-electron chi connectivity index (χ2n) is 8.60. The molecule has 0 unspecified atom stereocenters. The van der Waals surface area contributed by atoms with Crippen LogP contribution in [0.25, 0.3) is 33.5 Å². The summed E-state index contributed by atoms with van der Waals surface area (Å²) in [6, 6.07) is 8.91. The van der Waals surface area contributed by atoms with Crippen molar-refractivity contribution >= 4 is 34.1 Å². The maximum atomic E-state index is 14.9. The van der Waals surface area contributed by atoms with Crippen molar-refractivity contribution in [3.63, 3.8) is 0 Å². The normalized spacial score (nSPS) is 14.2. The van der Waals surface area contributed by atoms with Gasteiger partial charge in [0.1, 0.15) is 34.8 Å². The number of H-pyrrole nitrogens is 1. The lowest BCUT2D eigenvalue weighted by atomic mass is 9.97. The van der Waals surface area contributed by atoms with Crippen molar-refractivity contribution in [2.24, 2.45) is 5.73 Å². The Kier molecular flexibility index (Phi) is 6.35. The zero-order valence-corrected chi connectivity index (χ0v) is 19.8. The Morgan fingerprint density at radius 1 is 1.19 bits per heavy atom. The fourth-order valence-corrected chi connectivity index (χ4v) is 4.71. The summed E-state index contributed by atoms with van der Waals surface area (Å²) in [7, 11) is 0. The number of hydrogen-bond acceptors (Lipinski definition) is 7. The summed E-state index contributed by atoms with van der Waals surface area (Å²) in [5.74, 6) is -0.449. The molecule has 0 amide bonds. The average Bonchev–Trinajstić information content (AvgIpc) is 3.27. The van der Waals surface area contributed by atoms with E-state index in [1.807, 2.05) is 6.07 Å². The van der Waals surface area contributed by atoms with Gasteiger partial charge in [0, 0.05) is 48.0 Å². The summed E-state index contributed by atoms with van der Waals surface area (Å²) >= 11 is 6.16. The summed E-state index contributed by atoms with van der Waals surface area (Å²) in [6.07, 6.45) is 3.07. The summed E-state index contributed by atoms with van der Waals surface area (Å²) < 4.78 is 34.4. The van der Waals surface area contributed by atoms with E-state index in [2.05, 4.69) is 19.9 Å². The van der Waals surface area contributed by atoms with Gasteiger partial charge in [-0.3, -0.25) is 0 Å². The topological polar surface area (TPSA) is 130 Å². The number of halogens is 3. The lowest BCUT2D eigenvalue weighted by Gasteiger charge is -2.34. The van der Waals surface area contributed by atoms with Crippen molar-refractivity contribution in [1.29, 1.82) is 5.26 Å². The number of nitrogens with zero attached hydrogens (tertiary/aromatic N) is 4. The molecule has 2 aromatic carbocycles. The van der Waals surface area contributed by atoms with E-state index < -0.39 is 11.6 Å². The van der Waals surface area contributed by atoms with Crippen molar-refractivity contribution in [2.45, 2.75) is 18.9 Å². The number of imidazole rings is 1. The molecule has 36 heavy (non-hydrogen) atoms. The second-order valence-corrected chi connectivity index (χ2v) is 9.03. The Morgan fingerprint density at radius 2 is 1.97 bits per heavy atom. The molecule has 1 aliphatic heterocycles. The molecule has 5 N–H and O–H groups in total. The molecule has 0 bridgehead atoms. The minimum Gasteiger partial charge on any atom is -0.479 e. The molecule has 5 rings (SSSR count). The van der Waals surface area contributed by atoms with Crippen LogP contribution in [0.15, 0.2) is 36.5 Å². The molecule has 2 aromatic heterocycles. The van der Waals surface area contributed by atoms with Crippen LogP contribution in [-0.4, -0.2) is 40.7 Å². The van der Waals surface area contributed by atoms with Crippen LogP contribution in [-0.2, 0) is 0 Å². The molecule has 1 saturated heterocycles. The molecule has 11 heteroatoms. The van der Waals surface area contributed by atoms with E-state index in [1.54, 1.807) is 18.3 Å². The summed E-state index contributed by atoms with van der Waals surface area (Å²) in [6.45, 7) is 1.05. The maximum Gasteiger partial charge on any atom is 0.174 e. The van der Waals surface area contributed by atoms with Crippen molar-refractivity contribution in [1.82, 2.24) is 15.0 Å². The van der Waals surface area contributed by atoms with Gasteiger partial charge in [-0.25, -0.2) is 18.7 Å². The van der Waals surface area contributed by atoms with Crippen LogP contribution in [0, 0.1) is 23.0 Å². The molecule has 0 atom stereocenters. The van der Waals surface area contributed by atoms with Gasteiger partial charge >= 0.3 is 0 Å². The number of anilines is 2. The number of pyridine rings is 1. The lowest BCUT2D eigenvalue weighted by Crippen LogP contribution is -2.40. The predicted octanol–water partition coefficient (Wildman–Crippen LogP) is 4.64. The van der Waals surface area contributed by atoms with Crippen molar-refractivity contribution < 1.29 is 13.5 Å². The minimum atomic E-state index is -0.618. The molecule has 0 saturated carbocycles. The van der Waals surface area contributed by atoms with Gasteiger partial charge < -0.3 is 26.1 Å². The largest absolute Gasteiger partial charge is 0.479 e. The standard InChI is InChI=1S/C25H22ClF2N7O/c26-14-7-13(8-15(27)9-14)18-12-32-24(31)21(23(18)35-4-1-16(30)2-5-35)25-33-20-11-17(36-6-3-29)10-19(28)22(20)34-25/h7-12,16H,1-2,4-6,30H2,(H2,31,32)(H,33,34). The van der Waals surface area contributed by atoms with Crippen LogP contribution in [0.3, 0.4) is 0 Å². The third-order valence-corrected chi connectivity index (χ3v) is 6.38. The molecule has 4 aromatic rings. The monoisotopic (exact) mass is 509 g/mol. The van der Waals surface area contributed by atoms with Crippen LogP contribution in [0.2, 0.25) is 5.02 Å². The third-order valence-electron chi connectivity index (χ3n) is 6.16. The van der Waals surface area contributed by atoms with E-state index in [0.717, 1.165) is 12.8 Å². The van der Waals surface area contributed by atoms with Gasteiger partial charge in [-0.15, -0.1) is 0 Å². The molecule has 184 valence electrons. The Hall–Kier alpha value is -3.94. The van der Waals surface area contributed by atoms with Crippen LogP contribution < -0.4 is 21.1 Å². The van der Waals surface area contributed by atoms with Crippen molar-refractivity contribution in [3.8, 4) is 34.3 Å². The molecular formula is C25H22ClF2N7O. The SMILES string of the molecule is N#CCOc1cc(F)c2nc(-c3c(N)ncc(-c4cc(F)cc(Cl)c4)c3N3CCC(N)CC3)[nH]c2c1. The molecule has 8 nitrogen and oxygen atoms in total. The minimum absolute atomic E-state index is 0.0723. The van der Waals surface area contributed by atoms with Gasteiger partial charge in [0.05, 0.1) is 16.8 Å². The number of rotatable bonds is 5. The van der Waals surface area contributed by atoms with Crippen LogP contribution >= 0.6 is 11.6 Å². The van der Waals surface area contributed by atoms with Gasteiger partial charge in [0.15, 0.2) is 12.4 Å². The first-order chi connectivity index (χ1) is 17.3. The molecule has 3 heterocycles. The van der Waals surface area contributed by atoms with Crippen molar-refractivity contribution in [3.05, 3.63) is 53.2 Å². The number of ether oxygens (including phenoxy) is 1. The Bertz CT molecular complexity index is 1470. The lowest BCUT2D eigenvalue weighted by molar-refractivity contribution is 0.366. The molecular weight excluding hydrogens is 488 g/mol. The first kappa shape index (κ1) is 23.8. The van der Waals surface area contributed by atoms with E-state index in [1.165, 1.54) is 18.2 Å². The first-order valence-electron chi connectivity index (χ1n) is 11.3. The summed E-state index contributed by atoms with van der Waals surface area (Å²) in [5.41, 5.74) is 15.2. The molecule has 1 aliphatic rings. The maximum absolute atomic E-state index is 14.9. The van der Waals surface area contributed by atoms with E-state index >= 15 is 0 Å². The molecule has 0 radical (unpaired) electrons. The van der Waals surface area contributed by atoms with Crippen molar-refractivity contribution in [2.75, 3.05) is 30.3 Å². The van der Waals surface area contributed by atoms with Gasteiger partial charge in [0.25, 0.3) is 0 Å². The molecule has 0 spiro atoms. The zero-order chi connectivity index (χ0) is 25.4. The fourth-order valence-electron chi connectivity index (χ4n) is 4.49. The molecule has 0 aliphatic carbocycles. The number of nitrogens with two attached hydrogens (primary N) is 2. The number of piperidine rings is 1. The predicted molar refractivity (Wildman–Crippen MR) is 135 cm³/mol. The highest BCUT2D eigenvalue weighted by Crippen LogP contribution is 2.43. The van der Waals surface area contributed by atoms with Gasteiger partial charge in [-0.1, -0.05) is 11.6 Å². The Balaban J connectivity index is 1.72. The highest BCUT2D eigenvalue weighted by atomic mass is 35.5. The van der Waals surface area contributed by atoms with Gasteiger partial charge in [-0.05, 0) is 36.6 Å². The number of benzene rings is 2. The molecule has 1 fully saturated rings. The number of hydrogen-bond donors (Lipinski definition) is 3. The number of aromatic nitrogens is 3. The Morgan fingerprint density at radius 3 is 2.69 bits per heavy atom. The smallest absolute Gasteiger partial charge is 0.174 e. The zero-order valence-electron chi connectivity index (χ0n) is 19.1. The third kappa shape index (κ3) is 4.51. The van der Waals surface area contributed by atoms with Gasteiger partial charge in [0.2, 0.25) is 0 Å². The highest BCUT2D eigenvalue weighted by Gasteiger charge is 2.27. The van der Waals surface area contributed by atoms with Crippen LogP contribution in [0.4, 0.5) is 20.3 Å². The fraction of sp³-hybridized carbons (Fsp3) is 0.240. The number of aromatic amines is 1. The average molecular weight is 510 g/mol. The first-order valence-corrected chi connectivity index (χ1v) is 11.7. The van der Waals surface area contributed by atoms with Crippen LogP contribution in [0.5, 0.6) is 5.75 Å². The Labute approximate surface area is 210 Å². The van der Waals surface area contributed by atoms with E-state index in [-0.39, 0.29) is 34.8 Å². The van der Waals surface area contributed by atoms with Gasteiger partial charge in [-0.2, -0.15) is 5.26 Å². The quantitative estimate of drug-likeness (QED) is 0.357. The van der Waals surface area contributed by atoms with E-state index in [4.69, 9.17) is 33.1 Å². The summed E-state index contributed by atoms with van der Waals surface area (Å²) in [4.78, 5) is 14.1. The highest BCUT2D eigenvalue weighted by molar-refractivity contribution is 6.30. The number of nitrogens with one attached hydrogen (secondary N) is 1. The number of nitrogen functional groups attached to an aromatic ring is 1. The second kappa shape index (κ2) is 9.60. The summed E-state index contributed by atoms with van der Waals surface area (Å²) in [5, 5.41) is 9.01. The van der Waals surface area contributed by atoms with E-state index in [0.29, 0.717) is 46.8 Å². The number of fused-ring (bicyclic) bond motifs is 1. The van der Waals surface area contributed by atoms with E-state index in [9.17, 15) is 8.78 Å².